The predicted octanol–water partition coefficient (Wildman–Crippen LogP) is -0.747. The molecule has 5 nitrogen and oxygen atoms in total. The fourth-order valence-corrected chi connectivity index (χ4v) is 0.702. The molecule has 0 bridgehead atoms. The number of rotatable bonds is 0. The monoisotopic (exact) mass is 142 g/mol. The van der Waals surface area contributed by atoms with Crippen LogP contribution in [0.5, 0.6) is 0 Å². The van der Waals surface area contributed by atoms with Gasteiger partial charge in [-0.1, -0.05) is 5.16 Å². The van der Waals surface area contributed by atoms with Crippen molar-refractivity contribution in [1.82, 2.24) is 5.32 Å². The van der Waals surface area contributed by atoms with Crippen molar-refractivity contribution in [3.63, 3.8) is 0 Å². The molecular formula is C5H6N2O3. The quantitative estimate of drug-likeness (QED) is 0.265. The van der Waals surface area contributed by atoms with Gasteiger partial charge in [-0.05, 0) is 0 Å². The molecule has 1 aliphatic rings. The van der Waals surface area contributed by atoms with E-state index in [-0.39, 0.29) is 24.5 Å². The van der Waals surface area contributed by atoms with Gasteiger partial charge in [0.1, 0.15) is 5.71 Å². The minimum atomic E-state index is -0.598. The Labute approximate surface area is 56.7 Å². The van der Waals surface area contributed by atoms with E-state index >= 15 is 0 Å². The maximum absolute atomic E-state index is 10.6. The first-order valence-corrected chi connectivity index (χ1v) is 2.79. The van der Waals surface area contributed by atoms with Gasteiger partial charge in [0.05, 0.1) is 0 Å². The van der Waals surface area contributed by atoms with Crippen molar-refractivity contribution in [1.29, 1.82) is 0 Å². The Bertz CT molecular complexity index is 209. The van der Waals surface area contributed by atoms with Gasteiger partial charge in [0.15, 0.2) is 0 Å². The molecule has 1 rings (SSSR count). The van der Waals surface area contributed by atoms with Gasteiger partial charge < -0.3 is 5.21 Å². The average Bonchev–Trinajstić information content (AvgIpc) is 1.88. The van der Waals surface area contributed by atoms with Gasteiger partial charge in [0.2, 0.25) is 5.91 Å². The van der Waals surface area contributed by atoms with Crippen molar-refractivity contribution in [2.24, 2.45) is 5.16 Å². The maximum atomic E-state index is 10.6. The van der Waals surface area contributed by atoms with Crippen molar-refractivity contribution < 1.29 is 14.8 Å². The van der Waals surface area contributed by atoms with Crippen LogP contribution in [-0.4, -0.2) is 22.7 Å². The van der Waals surface area contributed by atoms with Crippen LogP contribution in [0.15, 0.2) is 5.16 Å². The molecule has 0 saturated carbocycles. The first-order valence-electron chi connectivity index (χ1n) is 2.79. The van der Waals surface area contributed by atoms with E-state index in [0.717, 1.165) is 0 Å². The zero-order chi connectivity index (χ0) is 7.56. The molecule has 0 aromatic rings. The molecule has 0 aromatic carbocycles. The summed E-state index contributed by atoms with van der Waals surface area (Å²) in [6, 6.07) is 0. The Morgan fingerprint density at radius 1 is 1.40 bits per heavy atom. The van der Waals surface area contributed by atoms with Crippen molar-refractivity contribution >= 4 is 17.5 Å². The van der Waals surface area contributed by atoms with Gasteiger partial charge in [-0.15, -0.1) is 0 Å². The molecule has 0 aliphatic carbocycles. The van der Waals surface area contributed by atoms with Gasteiger partial charge in [-0.25, -0.2) is 0 Å². The second kappa shape index (κ2) is 2.47. The SMILES string of the molecule is O=C1CCC(=NO)C(=O)N1. The summed E-state index contributed by atoms with van der Waals surface area (Å²) in [5.41, 5.74) is 0.0135. The number of oxime groups is 1. The second-order valence-corrected chi connectivity index (χ2v) is 1.92. The number of piperidine rings is 1. The third kappa shape index (κ3) is 1.12. The van der Waals surface area contributed by atoms with E-state index in [2.05, 4.69) is 5.16 Å². The first kappa shape index (κ1) is 6.73. The van der Waals surface area contributed by atoms with E-state index < -0.39 is 5.91 Å². The highest BCUT2D eigenvalue weighted by Crippen LogP contribution is 1.99. The van der Waals surface area contributed by atoms with Gasteiger partial charge in [0.25, 0.3) is 5.91 Å². The Kier molecular flexibility index (Phi) is 1.66. The molecule has 0 spiro atoms. The average molecular weight is 142 g/mol. The minimum Gasteiger partial charge on any atom is -0.410 e. The van der Waals surface area contributed by atoms with E-state index in [9.17, 15) is 9.59 Å². The van der Waals surface area contributed by atoms with Crippen LogP contribution in [0.1, 0.15) is 12.8 Å². The highest BCUT2D eigenvalue weighted by Gasteiger charge is 2.21. The lowest BCUT2D eigenvalue weighted by molar-refractivity contribution is -0.128. The van der Waals surface area contributed by atoms with E-state index in [4.69, 9.17) is 5.21 Å². The molecule has 2 amide bonds. The van der Waals surface area contributed by atoms with Crippen molar-refractivity contribution in [2.75, 3.05) is 0 Å². The minimum absolute atomic E-state index is 0.0135. The molecule has 1 saturated heterocycles. The van der Waals surface area contributed by atoms with Gasteiger partial charge in [0, 0.05) is 12.8 Å². The lowest BCUT2D eigenvalue weighted by Gasteiger charge is -2.09. The van der Waals surface area contributed by atoms with Crippen molar-refractivity contribution in [2.45, 2.75) is 12.8 Å². The second-order valence-electron chi connectivity index (χ2n) is 1.92. The van der Waals surface area contributed by atoms with E-state index in [1.165, 1.54) is 0 Å². The lowest BCUT2D eigenvalue weighted by Crippen LogP contribution is -2.41. The van der Waals surface area contributed by atoms with Crippen LogP contribution in [0.4, 0.5) is 0 Å². The zero-order valence-corrected chi connectivity index (χ0v) is 5.13. The Morgan fingerprint density at radius 3 is 2.60 bits per heavy atom. The number of carbonyl (C=O) groups is 2. The number of carbonyl (C=O) groups excluding carboxylic acids is 2. The molecule has 0 unspecified atom stereocenters. The standard InChI is InChI=1S/C5H6N2O3/c8-4-2-1-3(7-10)5(9)6-4/h10H,1-2H2,(H,6,8,9). The molecule has 1 aliphatic heterocycles. The number of hydrogen-bond donors (Lipinski definition) is 2. The largest absolute Gasteiger partial charge is 0.410 e. The fraction of sp³-hybridized carbons (Fsp3) is 0.400. The molecule has 0 radical (unpaired) electrons. The highest BCUT2D eigenvalue weighted by molar-refractivity contribution is 6.42. The summed E-state index contributed by atoms with van der Waals surface area (Å²) in [5.74, 6) is -0.920. The maximum Gasteiger partial charge on any atom is 0.275 e. The Balaban J connectivity index is 2.69. The normalized spacial score (nSPS) is 23.0. The Morgan fingerprint density at radius 2 is 2.10 bits per heavy atom. The summed E-state index contributed by atoms with van der Waals surface area (Å²) in [5, 5.41) is 12.9. The van der Waals surface area contributed by atoms with Crippen LogP contribution in [0.2, 0.25) is 0 Å². The van der Waals surface area contributed by atoms with E-state index in [1.54, 1.807) is 0 Å². The number of hydrogen-bond acceptors (Lipinski definition) is 4. The molecule has 2 N–H and O–H groups in total. The van der Waals surface area contributed by atoms with Gasteiger partial charge in [-0.3, -0.25) is 14.9 Å². The molecule has 1 heterocycles. The fourth-order valence-electron chi connectivity index (χ4n) is 0.702. The van der Waals surface area contributed by atoms with Crippen LogP contribution in [-0.2, 0) is 9.59 Å². The van der Waals surface area contributed by atoms with Gasteiger partial charge in [-0.2, -0.15) is 0 Å². The third-order valence-corrected chi connectivity index (χ3v) is 1.22. The number of nitrogens with zero attached hydrogens (tertiary/aromatic N) is 1. The summed E-state index contributed by atoms with van der Waals surface area (Å²) < 4.78 is 0. The smallest absolute Gasteiger partial charge is 0.275 e. The van der Waals surface area contributed by atoms with Crippen LogP contribution >= 0.6 is 0 Å². The zero-order valence-electron chi connectivity index (χ0n) is 5.13. The summed E-state index contributed by atoms with van der Waals surface area (Å²) in [4.78, 5) is 21.1. The van der Waals surface area contributed by atoms with Crippen molar-refractivity contribution in [3.05, 3.63) is 0 Å². The molecule has 0 atom stereocenters. The topological polar surface area (TPSA) is 78.8 Å². The van der Waals surface area contributed by atoms with Gasteiger partial charge >= 0.3 is 0 Å². The molecule has 10 heavy (non-hydrogen) atoms. The van der Waals surface area contributed by atoms with E-state index in [1.807, 2.05) is 5.32 Å². The highest BCUT2D eigenvalue weighted by atomic mass is 16.4. The summed E-state index contributed by atoms with van der Waals surface area (Å²) >= 11 is 0. The number of nitrogens with one attached hydrogen (secondary N) is 1. The molecule has 0 aromatic heterocycles. The Hall–Kier alpha value is -1.39. The summed E-state index contributed by atoms with van der Waals surface area (Å²) in [6.45, 7) is 0. The third-order valence-electron chi connectivity index (χ3n) is 1.22. The van der Waals surface area contributed by atoms with Crippen molar-refractivity contribution in [3.8, 4) is 0 Å². The van der Waals surface area contributed by atoms with Crippen LogP contribution in [0.3, 0.4) is 0 Å². The van der Waals surface area contributed by atoms with Crippen LogP contribution < -0.4 is 5.32 Å². The molecule has 1 fully saturated rings. The number of amides is 2. The van der Waals surface area contributed by atoms with Crippen LogP contribution in [0.25, 0.3) is 0 Å². The number of imide groups is 1. The van der Waals surface area contributed by atoms with Crippen LogP contribution in [0, 0.1) is 0 Å². The predicted molar refractivity (Wildman–Crippen MR) is 31.6 cm³/mol. The summed E-state index contributed by atoms with van der Waals surface area (Å²) in [6.07, 6.45) is 0.437. The molecular weight excluding hydrogens is 136 g/mol. The summed E-state index contributed by atoms with van der Waals surface area (Å²) in [7, 11) is 0. The molecule has 54 valence electrons. The lowest BCUT2D eigenvalue weighted by atomic mass is 10.1. The molecule has 5 heteroatoms. The first-order chi connectivity index (χ1) is 4.74. The van der Waals surface area contributed by atoms with E-state index in [0.29, 0.717) is 0 Å².